The Morgan fingerprint density at radius 1 is 1.00 bits per heavy atom. The summed E-state index contributed by atoms with van der Waals surface area (Å²) < 4.78 is 17.1. The van der Waals surface area contributed by atoms with E-state index in [-0.39, 0.29) is 11.2 Å². The van der Waals surface area contributed by atoms with Crippen LogP contribution in [0, 0.1) is 0 Å². The quantitative estimate of drug-likeness (QED) is 0.699. The van der Waals surface area contributed by atoms with E-state index in [0.717, 1.165) is 5.56 Å². The first kappa shape index (κ1) is 17.1. The standard InChI is InChI=1S/C22H18O5/c1-22(2)21(24)15(12-26-22)19-17(25-3)10-9-14-16(23)11-18(27-20(14)19)13-7-5-4-6-8-13/h4-12H,1-3H3. The van der Waals surface area contributed by atoms with E-state index in [2.05, 4.69) is 0 Å². The zero-order valence-electron chi connectivity index (χ0n) is 15.2. The monoisotopic (exact) mass is 362 g/mol. The van der Waals surface area contributed by atoms with Gasteiger partial charge < -0.3 is 13.9 Å². The van der Waals surface area contributed by atoms with Gasteiger partial charge in [0.2, 0.25) is 5.78 Å². The molecule has 0 atom stereocenters. The van der Waals surface area contributed by atoms with Crippen LogP contribution in [0.25, 0.3) is 27.9 Å². The van der Waals surface area contributed by atoms with Gasteiger partial charge in [-0.1, -0.05) is 30.3 Å². The Morgan fingerprint density at radius 3 is 2.37 bits per heavy atom. The number of fused-ring (bicyclic) bond motifs is 1. The highest BCUT2D eigenvalue weighted by molar-refractivity contribution is 6.28. The second kappa shape index (κ2) is 6.13. The van der Waals surface area contributed by atoms with E-state index in [1.54, 1.807) is 26.0 Å². The summed E-state index contributed by atoms with van der Waals surface area (Å²) >= 11 is 0. The molecule has 0 radical (unpaired) electrons. The lowest BCUT2D eigenvalue weighted by Gasteiger charge is -2.16. The van der Waals surface area contributed by atoms with Gasteiger partial charge in [-0.25, -0.2) is 0 Å². The maximum absolute atomic E-state index is 12.8. The van der Waals surface area contributed by atoms with Crippen LogP contribution in [0.2, 0.25) is 0 Å². The van der Waals surface area contributed by atoms with Crippen molar-refractivity contribution >= 4 is 22.3 Å². The molecule has 2 aromatic carbocycles. The van der Waals surface area contributed by atoms with Crippen molar-refractivity contribution in [3.05, 3.63) is 70.6 Å². The average molecular weight is 362 g/mol. The molecule has 0 unspecified atom stereocenters. The third-order valence-electron chi connectivity index (χ3n) is 4.67. The fourth-order valence-corrected chi connectivity index (χ4v) is 3.18. The lowest BCUT2D eigenvalue weighted by molar-refractivity contribution is -0.125. The summed E-state index contributed by atoms with van der Waals surface area (Å²) in [7, 11) is 1.51. The number of carbonyl (C=O) groups excluding carboxylic acids is 1. The number of benzene rings is 2. The van der Waals surface area contributed by atoms with E-state index in [1.807, 2.05) is 30.3 Å². The second-order valence-electron chi connectivity index (χ2n) is 6.85. The number of ether oxygens (including phenoxy) is 2. The molecule has 4 rings (SSSR count). The number of Topliss-reactive ketones (excluding diaryl/α,β-unsaturated/α-hetero) is 1. The van der Waals surface area contributed by atoms with Gasteiger partial charge in [0.1, 0.15) is 17.1 Å². The SMILES string of the molecule is COc1ccc2c(=O)cc(-c3ccccc3)oc2c1C1=COC(C)(C)C1=O. The largest absolute Gasteiger partial charge is 0.496 e. The van der Waals surface area contributed by atoms with Gasteiger partial charge in [0.25, 0.3) is 0 Å². The second-order valence-corrected chi connectivity index (χ2v) is 6.85. The summed E-state index contributed by atoms with van der Waals surface area (Å²) in [5.74, 6) is 0.673. The Morgan fingerprint density at radius 2 is 1.74 bits per heavy atom. The first-order valence-corrected chi connectivity index (χ1v) is 8.56. The van der Waals surface area contributed by atoms with Crippen molar-refractivity contribution in [3.8, 4) is 17.1 Å². The van der Waals surface area contributed by atoms with Crippen LogP contribution in [0.4, 0.5) is 0 Å². The Kier molecular flexibility index (Phi) is 3.88. The molecule has 27 heavy (non-hydrogen) atoms. The molecule has 5 heteroatoms. The lowest BCUT2D eigenvalue weighted by Crippen LogP contribution is -2.29. The van der Waals surface area contributed by atoms with Crippen LogP contribution in [-0.4, -0.2) is 18.5 Å². The van der Waals surface area contributed by atoms with Crippen LogP contribution < -0.4 is 10.2 Å². The molecule has 2 heterocycles. The molecular formula is C22H18O5. The fraction of sp³-hybridized carbons (Fsp3) is 0.182. The predicted molar refractivity (Wildman–Crippen MR) is 103 cm³/mol. The maximum Gasteiger partial charge on any atom is 0.209 e. The van der Waals surface area contributed by atoms with Gasteiger partial charge in [-0.05, 0) is 26.0 Å². The smallest absolute Gasteiger partial charge is 0.209 e. The van der Waals surface area contributed by atoms with Crippen molar-refractivity contribution in [1.82, 2.24) is 0 Å². The Hall–Kier alpha value is -3.34. The first-order valence-electron chi connectivity index (χ1n) is 8.56. The average Bonchev–Trinajstić information content (AvgIpc) is 2.94. The van der Waals surface area contributed by atoms with Gasteiger partial charge in [-0.3, -0.25) is 9.59 Å². The van der Waals surface area contributed by atoms with Crippen LogP contribution in [0.15, 0.2) is 64.0 Å². The van der Waals surface area contributed by atoms with Crippen molar-refractivity contribution in [2.24, 2.45) is 0 Å². The summed E-state index contributed by atoms with van der Waals surface area (Å²) in [6.07, 6.45) is 1.41. The molecule has 136 valence electrons. The summed E-state index contributed by atoms with van der Waals surface area (Å²) in [5, 5.41) is 0.379. The third-order valence-corrected chi connectivity index (χ3v) is 4.67. The predicted octanol–water partition coefficient (Wildman–Crippen LogP) is 4.19. The molecule has 0 aliphatic carbocycles. The topological polar surface area (TPSA) is 65.7 Å². The number of methoxy groups -OCH3 is 1. The molecule has 0 saturated heterocycles. The molecule has 3 aromatic rings. The molecule has 5 nitrogen and oxygen atoms in total. The zero-order valence-corrected chi connectivity index (χ0v) is 15.2. The van der Waals surface area contributed by atoms with Crippen molar-refractivity contribution < 1.29 is 18.7 Å². The molecule has 0 amide bonds. The molecule has 0 N–H and O–H groups in total. The maximum atomic E-state index is 12.8. The van der Waals surface area contributed by atoms with E-state index in [0.29, 0.717) is 33.6 Å². The molecule has 1 aliphatic rings. The number of rotatable bonds is 3. The third kappa shape index (κ3) is 2.72. The minimum Gasteiger partial charge on any atom is -0.496 e. The Labute approximate surface area is 155 Å². The van der Waals surface area contributed by atoms with Crippen molar-refractivity contribution in [2.45, 2.75) is 19.4 Å². The lowest BCUT2D eigenvalue weighted by atomic mass is 9.93. The van der Waals surface area contributed by atoms with E-state index in [1.165, 1.54) is 19.4 Å². The van der Waals surface area contributed by atoms with Crippen molar-refractivity contribution in [3.63, 3.8) is 0 Å². The van der Waals surface area contributed by atoms with Gasteiger partial charge in [0, 0.05) is 11.6 Å². The summed E-state index contributed by atoms with van der Waals surface area (Å²) in [6, 6.07) is 14.1. The van der Waals surface area contributed by atoms with Crippen molar-refractivity contribution in [2.75, 3.05) is 7.11 Å². The van der Waals surface area contributed by atoms with Gasteiger partial charge in [0.05, 0.1) is 29.9 Å². The number of carbonyl (C=O) groups is 1. The molecule has 1 aromatic heterocycles. The number of hydrogen-bond acceptors (Lipinski definition) is 5. The summed E-state index contributed by atoms with van der Waals surface area (Å²) in [6.45, 7) is 3.39. The van der Waals surface area contributed by atoms with E-state index >= 15 is 0 Å². The normalized spacial score (nSPS) is 15.5. The van der Waals surface area contributed by atoms with Gasteiger partial charge in [-0.15, -0.1) is 0 Å². The van der Waals surface area contributed by atoms with Gasteiger partial charge >= 0.3 is 0 Å². The molecule has 0 fully saturated rings. The van der Waals surface area contributed by atoms with E-state index in [4.69, 9.17) is 13.9 Å². The van der Waals surface area contributed by atoms with Crippen molar-refractivity contribution in [1.29, 1.82) is 0 Å². The van der Waals surface area contributed by atoms with E-state index < -0.39 is 5.60 Å². The summed E-state index contributed by atoms with van der Waals surface area (Å²) in [5.41, 5.74) is 0.677. The van der Waals surface area contributed by atoms with E-state index in [9.17, 15) is 9.59 Å². The number of hydrogen-bond donors (Lipinski definition) is 0. The number of ketones is 1. The summed E-state index contributed by atoms with van der Waals surface area (Å²) in [4.78, 5) is 25.5. The van der Waals surface area contributed by atoms with Gasteiger partial charge in [-0.2, -0.15) is 0 Å². The fourth-order valence-electron chi connectivity index (χ4n) is 3.18. The van der Waals surface area contributed by atoms with Crippen LogP contribution in [0.5, 0.6) is 5.75 Å². The Balaban J connectivity index is 2.04. The minimum atomic E-state index is -0.972. The van der Waals surface area contributed by atoms with Gasteiger partial charge in [0.15, 0.2) is 11.0 Å². The highest BCUT2D eigenvalue weighted by Gasteiger charge is 2.39. The first-order chi connectivity index (χ1) is 12.9. The van der Waals surface area contributed by atoms with Crippen LogP contribution in [0.1, 0.15) is 19.4 Å². The molecule has 0 saturated carbocycles. The van der Waals surface area contributed by atoms with Crippen LogP contribution >= 0.6 is 0 Å². The minimum absolute atomic E-state index is 0.190. The highest BCUT2D eigenvalue weighted by atomic mass is 16.5. The zero-order chi connectivity index (χ0) is 19.2. The van der Waals surface area contributed by atoms with Crippen LogP contribution in [-0.2, 0) is 9.53 Å². The molecule has 0 bridgehead atoms. The Bertz CT molecular complexity index is 1140. The van der Waals surface area contributed by atoms with Crippen LogP contribution in [0.3, 0.4) is 0 Å². The molecule has 0 spiro atoms. The highest BCUT2D eigenvalue weighted by Crippen LogP contribution is 2.40. The molecule has 1 aliphatic heterocycles. The molecular weight excluding hydrogens is 344 g/mol.